The first kappa shape index (κ1) is 17.3. The molecule has 1 N–H and O–H groups in total. The molecule has 3 rings (SSSR count). The zero-order valence-electron chi connectivity index (χ0n) is 14.8. The molecular weight excluding hydrogens is 316 g/mol. The maximum atomic E-state index is 12.6. The predicted molar refractivity (Wildman–Crippen MR) is 97.2 cm³/mol. The summed E-state index contributed by atoms with van der Waals surface area (Å²) in [6.07, 6.45) is 2.98. The van der Waals surface area contributed by atoms with Crippen LogP contribution in [-0.2, 0) is 11.3 Å². The van der Waals surface area contributed by atoms with Crippen molar-refractivity contribution >= 4 is 17.4 Å². The number of H-pyrrole nitrogens is 1. The van der Waals surface area contributed by atoms with Crippen molar-refractivity contribution < 1.29 is 14.3 Å². The average Bonchev–Trinajstić information content (AvgIpc) is 2.96. The number of nitrogens with one attached hydrogen (secondary N) is 1. The molecule has 0 radical (unpaired) electrons. The van der Waals surface area contributed by atoms with Crippen molar-refractivity contribution in [2.24, 2.45) is 0 Å². The number of benzene rings is 1. The van der Waals surface area contributed by atoms with Gasteiger partial charge in [-0.25, -0.2) is 4.79 Å². The Hall–Kier alpha value is -2.56. The van der Waals surface area contributed by atoms with Gasteiger partial charge in [0, 0.05) is 16.9 Å². The number of ketones is 1. The minimum atomic E-state index is -0.373. The monoisotopic (exact) mass is 340 g/mol. The topological polar surface area (TPSA) is 62.4 Å². The molecule has 5 nitrogen and oxygen atoms in total. The predicted octanol–water partition coefficient (Wildman–Crippen LogP) is 3.87. The van der Waals surface area contributed by atoms with Gasteiger partial charge in [-0.15, -0.1) is 0 Å². The molecule has 25 heavy (non-hydrogen) atoms. The molecule has 1 aromatic heterocycles. The van der Waals surface area contributed by atoms with E-state index in [0.29, 0.717) is 36.5 Å². The second kappa shape index (κ2) is 7.55. The summed E-state index contributed by atoms with van der Waals surface area (Å²) >= 11 is 0. The molecule has 1 aliphatic rings. The molecule has 132 valence electrons. The summed E-state index contributed by atoms with van der Waals surface area (Å²) in [6.45, 7) is 5.23. The SMILES string of the molecule is CCCCCOC(=O)c1[nH]c2c(c1C)C(=O)CN(c1ccccc1)C2. The van der Waals surface area contributed by atoms with E-state index >= 15 is 0 Å². The molecule has 1 aromatic carbocycles. The van der Waals surface area contributed by atoms with E-state index in [1.165, 1.54) is 0 Å². The molecule has 0 fully saturated rings. The smallest absolute Gasteiger partial charge is 0.355 e. The summed E-state index contributed by atoms with van der Waals surface area (Å²) in [7, 11) is 0. The molecule has 0 saturated carbocycles. The molecule has 0 amide bonds. The molecule has 2 heterocycles. The van der Waals surface area contributed by atoms with Gasteiger partial charge in [0.25, 0.3) is 0 Å². The highest BCUT2D eigenvalue weighted by Gasteiger charge is 2.30. The Labute approximate surface area is 148 Å². The molecule has 2 aromatic rings. The van der Waals surface area contributed by atoms with Gasteiger partial charge in [-0.1, -0.05) is 38.0 Å². The summed E-state index contributed by atoms with van der Waals surface area (Å²) < 4.78 is 5.34. The van der Waals surface area contributed by atoms with Crippen molar-refractivity contribution in [3.63, 3.8) is 0 Å². The minimum absolute atomic E-state index is 0.0314. The molecule has 0 atom stereocenters. The first-order valence-electron chi connectivity index (χ1n) is 8.83. The van der Waals surface area contributed by atoms with Gasteiger partial charge in [-0.05, 0) is 31.0 Å². The highest BCUT2D eigenvalue weighted by atomic mass is 16.5. The molecule has 0 spiro atoms. The zero-order valence-corrected chi connectivity index (χ0v) is 14.8. The van der Waals surface area contributed by atoms with Crippen molar-refractivity contribution in [3.05, 3.63) is 52.8 Å². The van der Waals surface area contributed by atoms with E-state index in [1.54, 1.807) is 0 Å². The summed E-state index contributed by atoms with van der Waals surface area (Å²) in [4.78, 5) is 30.1. The molecule has 0 bridgehead atoms. The van der Waals surface area contributed by atoms with Gasteiger partial charge < -0.3 is 14.6 Å². The Morgan fingerprint density at radius 2 is 1.96 bits per heavy atom. The summed E-state index contributed by atoms with van der Waals surface area (Å²) in [5.41, 5.74) is 3.54. The fourth-order valence-corrected chi connectivity index (χ4v) is 3.27. The van der Waals surface area contributed by atoms with Crippen molar-refractivity contribution in [1.29, 1.82) is 0 Å². The lowest BCUT2D eigenvalue weighted by molar-refractivity contribution is 0.0491. The largest absolute Gasteiger partial charge is 0.461 e. The fraction of sp³-hybridized carbons (Fsp3) is 0.400. The zero-order chi connectivity index (χ0) is 17.8. The Balaban J connectivity index is 1.78. The lowest BCUT2D eigenvalue weighted by Crippen LogP contribution is -2.35. The van der Waals surface area contributed by atoms with Crippen LogP contribution in [0.2, 0.25) is 0 Å². The van der Waals surface area contributed by atoms with Gasteiger partial charge >= 0.3 is 5.97 Å². The second-order valence-corrected chi connectivity index (χ2v) is 6.44. The number of unbranched alkanes of at least 4 members (excludes halogenated alkanes) is 2. The number of para-hydroxylation sites is 1. The van der Waals surface area contributed by atoms with Crippen LogP contribution in [0, 0.1) is 6.92 Å². The van der Waals surface area contributed by atoms with E-state index in [1.807, 2.05) is 42.2 Å². The number of anilines is 1. The van der Waals surface area contributed by atoms with Crippen LogP contribution in [0.4, 0.5) is 5.69 Å². The van der Waals surface area contributed by atoms with E-state index in [4.69, 9.17) is 4.74 Å². The molecule has 0 unspecified atom stereocenters. The Kier molecular flexibility index (Phi) is 5.22. The quantitative estimate of drug-likeness (QED) is 0.640. The maximum absolute atomic E-state index is 12.6. The number of esters is 1. The van der Waals surface area contributed by atoms with Crippen LogP contribution in [0.5, 0.6) is 0 Å². The number of hydrogen-bond acceptors (Lipinski definition) is 4. The number of nitrogens with zero attached hydrogens (tertiary/aromatic N) is 1. The van der Waals surface area contributed by atoms with Crippen molar-refractivity contribution in [2.75, 3.05) is 18.1 Å². The Morgan fingerprint density at radius 3 is 2.68 bits per heavy atom. The standard InChI is InChI=1S/C20H24N2O3/c1-3-4-8-11-25-20(24)19-14(2)18-16(21-19)12-22(13-17(18)23)15-9-6-5-7-10-15/h5-7,9-10,21H,3-4,8,11-13H2,1-2H3. The third kappa shape index (κ3) is 3.60. The maximum Gasteiger partial charge on any atom is 0.355 e. The van der Waals surface area contributed by atoms with E-state index in [-0.39, 0.29) is 11.8 Å². The number of carbonyl (C=O) groups is 2. The number of ether oxygens (including phenoxy) is 1. The van der Waals surface area contributed by atoms with E-state index in [2.05, 4.69) is 11.9 Å². The number of hydrogen-bond donors (Lipinski definition) is 1. The third-order valence-electron chi connectivity index (χ3n) is 4.60. The lowest BCUT2D eigenvalue weighted by Gasteiger charge is -2.28. The first-order valence-corrected chi connectivity index (χ1v) is 8.83. The van der Waals surface area contributed by atoms with Crippen molar-refractivity contribution in [2.45, 2.75) is 39.7 Å². The van der Waals surface area contributed by atoms with Crippen LogP contribution in [0.3, 0.4) is 0 Å². The highest BCUT2D eigenvalue weighted by Crippen LogP contribution is 2.28. The van der Waals surface area contributed by atoms with Crippen LogP contribution in [0.15, 0.2) is 30.3 Å². The fourth-order valence-electron chi connectivity index (χ4n) is 3.27. The molecule has 5 heteroatoms. The molecule has 0 aliphatic carbocycles. The summed E-state index contributed by atoms with van der Waals surface area (Å²) in [5, 5.41) is 0. The lowest BCUT2D eigenvalue weighted by atomic mass is 10.0. The van der Waals surface area contributed by atoms with Gasteiger partial charge in [0.15, 0.2) is 5.78 Å². The molecule has 1 aliphatic heterocycles. The molecular formula is C20H24N2O3. The summed E-state index contributed by atoms with van der Waals surface area (Å²) in [5.74, 6) is -0.342. The van der Waals surface area contributed by atoms with E-state index < -0.39 is 0 Å². The number of rotatable bonds is 6. The van der Waals surface area contributed by atoms with Gasteiger partial charge in [0.1, 0.15) is 5.69 Å². The third-order valence-corrected chi connectivity index (χ3v) is 4.60. The number of Topliss-reactive ketones (excluding diaryl/α,β-unsaturated/α-hetero) is 1. The number of aromatic nitrogens is 1. The summed E-state index contributed by atoms with van der Waals surface area (Å²) in [6, 6.07) is 9.82. The van der Waals surface area contributed by atoms with E-state index in [0.717, 1.165) is 30.6 Å². The normalized spacial score (nSPS) is 13.7. The first-order chi connectivity index (χ1) is 12.1. The van der Waals surface area contributed by atoms with Gasteiger partial charge in [-0.2, -0.15) is 0 Å². The van der Waals surface area contributed by atoms with Crippen LogP contribution in [0.25, 0.3) is 0 Å². The molecule has 0 saturated heterocycles. The Morgan fingerprint density at radius 1 is 1.20 bits per heavy atom. The van der Waals surface area contributed by atoms with Gasteiger partial charge in [-0.3, -0.25) is 4.79 Å². The number of aromatic amines is 1. The van der Waals surface area contributed by atoms with Gasteiger partial charge in [0.05, 0.1) is 19.7 Å². The van der Waals surface area contributed by atoms with Crippen molar-refractivity contribution in [3.8, 4) is 0 Å². The Bertz CT molecular complexity index is 765. The van der Waals surface area contributed by atoms with Crippen LogP contribution in [0.1, 0.15) is 58.3 Å². The average molecular weight is 340 g/mol. The van der Waals surface area contributed by atoms with Crippen LogP contribution >= 0.6 is 0 Å². The number of fused-ring (bicyclic) bond motifs is 1. The second-order valence-electron chi connectivity index (χ2n) is 6.44. The van der Waals surface area contributed by atoms with Crippen LogP contribution < -0.4 is 4.90 Å². The van der Waals surface area contributed by atoms with Gasteiger partial charge in [0.2, 0.25) is 0 Å². The van der Waals surface area contributed by atoms with Crippen molar-refractivity contribution in [1.82, 2.24) is 4.98 Å². The highest BCUT2D eigenvalue weighted by molar-refractivity contribution is 6.05. The van der Waals surface area contributed by atoms with E-state index in [9.17, 15) is 9.59 Å². The number of carbonyl (C=O) groups excluding carboxylic acids is 2. The minimum Gasteiger partial charge on any atom is -0.461 e. The van der Waals surface area contributed by atoms with Crippen LogP contribution in [-0.4, -0.2) is 29.9 Å².